The van der Waals surface area contributed by atoms with Crippen molar-refractivity contribution in [3.63, 3.8) is 0 Å². The second-order valence-electron chi connectivity index (χ2n) is 4.56. The highest BCUT2D eigenvalue weighted by Crippen LogP contribution is 2.25. The van der Waals surface area contributed by atoms with E-state index in [0.29, 0.717) is 11.0 Å². The maximum Gasteiger partial charge on any atom is 0.107 e. The van der Waals surface area contributed by atoms with Gasteiger partial charge in [-0.1, -0.05) is 32.1 Å². The lowest BCUT2D eigenvalue weighted by atomic mass is 10.1. The summed E-state index contributed by atoms with van der Waals surface area (Å²) in [6.45, 7) is 9.64. The fraction of sp³-hybridized carbons (Fsp3) is 0.500. The fourth-order valence-corrected chi connectivity index (χ4v) is 3.01. The molecule has 0 saturated carbocycles. The minimum absolute atomic E-state index is 0.335. The van der Waals surface area contributed by atoms with Crippen LogP contribution in [0.25, 0.3) is 0 Å². The van der Waals surface area contributed by atoms with Crippen molar-refractivity contribution in [2.75, 3.05) is 25.0 Å². The Kier molecular flexibility index (Phi) is 6.75. The van der Waals surface area contributed by atoms with Crippen LogP contribution >= 0.6 is 28.1 Å². The average molecular weight is 344 g/mol. The molecule has 1 rings (SSSR count). The van der Waals surface area contributed by atoms with E-state index < -0.39 is 0 Å². The summed E-state index contributed by atoms with van der Waals surface area (Å²) in [5, 5.41) is 3.49. The van der Waals surface area contributed by atoms with Crippen LogP contribution in [0.4, 0.5) is 5.69 Å². The highest BCUT2D eigenvalue weighted by Gasteiger charge is 2.12. The summed E-state index contributed by atoms with van der Waals surface area (Å²) in [5.41, 5.74) is 7.66. The molecular formula is C14H22BrN3S. The maximum atomic E-state index is 5.80. The molecule has 0 aromatic heterocycles. The van der Waals surface area contributed by atoms with Gasteiger partial charge in [0.1, 0.15) is 4.99 Å². The minimum atomic E-state index is 0.335. The standard InChI is InChI=1S/C14H22BrN3S/c1-4-18(5-2)9-10(3)17-12-8-6-7-11(15)13(12)14(16)19/h6-8,10,17H,4-5,9H2,1-3H3,(H2,16,19). The highest BCUT2D eigenvalue weighted by atomic mass is 79.9. The van der Waals surface area contributed by atoms with Crippen LogP contribution in [-0.2, 0) is 0 Å². The zero-order valence-corrected chi connectivity index (χ0v) is 14.1. The lowest BCUT2D eigenvalue weighted by Gasteiger charge is -2.25. The molecule has 0 heterocycles. The number of likely N-dealkylation sites (N-methyl/N-ethyl adjacent to an activating group) is 1. The molecule has 1 aromatic carbocycles. The van der Waals surface area contributed by atoms with Gasteiger partial charge in [0, 0.05) is 28.3 Å². The molecule has 106 valence electrons. The summed E-state index contributed by atoms with van der Waals surface area (Å²) in [5.74, 6) is 0. The third kappa shape index (κ3) is 4.75. The predicted molar refractivity (Wildman–Crippen MR) is 90.9 cm³/mol. The Morgan fingerprint density at radius 3 is 2.58 bits per heavy atom. The van der Waals surface area contributed by atoms with E-state index in [0.717, 1.165) is 35.4 Å². The molecule has 1 unspecified atom stereocenters. The van der Waals surface area contributed by atoms with Gasteiger partial charge < -0.3 is 16.0 Å². The highest BCUT2D eigenvalue weighted by molar-refractivity contribution is 9.10. The molecule has 0 aliphatic carbocycles. The number of benzene rings is 1. The Hall–Kier alpha value is -0.650. The Morgan fingerprint density at radius 2 is 2.05 bits per heavy atom. The van der Waals surface area contributed by atoms with Crippen LogP contribution in [-0.4, -0.2) is 35.6 Å². The first-order valence-electron chi connectivity index (χ1n) is 6.56. The van der Waals surface area contributed by atoms with Crippen molar-refractivity contribution < 1.29 is 0 Å². The van der Waals surface area contributed by atoms with Crippen LogP contribution in [0.15, 0.2) is 22.7 Å². The topological polar surface area (TPSA) is 41.3 Å². The van der Waals surface area contributed by atoms with Gasteiger partial charge in [-0.05, 0) is 48.1 Å². The largest absolute Gasteiger partial charge is 0.389 e. The summed E-state index contributed by atoms with van der Waals surface area (Å²) in [6, 6.07) is 6.28. The maximum absolute atomic E-state index is 5.80. The SMILES string of the molecule is CCN(CC)CC(C)Nc1cccc(Br)c1C(N)=S. The van der Waals surface area contributed by atoms with Crippen molar-refractivity contribution in [1.29, 1.82) is 0 Å². The number of hydrogen-bond donors (Lipinski definition) is 2. The molecule has 0 saturated heterocycles. The molecule has 1 aromatic rings. The number of nitrogens with one attached hydrogen (secondary N) is 1. The molecule has 0 amide bonds. The number of hydrogen-bond acceptors (Lipinski definition) is 3. The van der Waals surface area contributed by atoms with Crippen molar-refractivity contribution >= 4 is 38.8 Å². The van der Waals surface area contributed by atoms with Crippen LogP contribution in [0.1, 0.15) is 26.3 Å². The molecular weight excluding hydrogens is 322 g/mol. The smallest absolute Gasteiger partial charge is 0.107 e. The van der Waals surface area contributed by atoms with E-state index in [9.17, 15) is 0 Å². The molecule has 19 heavy (non-hydrogen) atoms. The van der Waals surface area contributed by atoms with Crippen LogP contribution in [0.2, 0.25) is 0 Å². The van der Waals surface area contributed by atoms with Crippen molar-refractivity contribution in [3.05, 3.63) is 28.2 Å². The van der Waals surface area contributed by atoms with E-state index in [1.54, 1.807) is 0 Å². The third-order valence-corrected chi connectivity index (χ3v) is 3.95. The fourth-order valence-electron chi connectivity index (χ4n) is 2.08. The summed E-state index contributed by atoms with van der Waals surface area (Å²) < 4.78 is 0.931. The van der Waals surface area contributed by atoms with Crippen LogP contribution in [0, 0.1) is 0 Å². The van der Waals surface area contributed by atoms with Crippen molar-refractivity contribution in [2.24, 2.45) is 5.73 Å². The first kappa shape index (κ1) is 16.4. The van der Waals surface area contributed by atoms with Crippen molar-refractivity contribution in [1.82, 2.24) is 4.90 Å². The number of rotatable bonds is 7. The monoisotopic (exact) mass is 343 g/mol. The molecule has 0 bridgehead atoms. The number of thiocarbonyl (C=S) groups is 1. The van der Waals surface area contributed by atoms with Crippen molar-refractivity contribution in [2.45, 2.75) is 26.8 Å². The zero-order chi connectivity index (χ0) is 14.4. The zero-order valence-electron chi connectivity index (χ0n) is 11.7. The quantitative estimate of drug-likeness (QED) is 0.746. The van der Waals surface area contributed by atoms with E-state index in [2.05, 4.69) is 46.9 Å². The predicted octanol–water partition coefficient (Wildman–Crippen LogP) is 3.23. The van der Waals surface area contributed by atoms with Gasteiger partial charge in [0.2, 0.25) is 0 Å². The Balaban J connectivity index is 2.82. The van der Waals surface area contributed by atoms with Crippen LogP contribution in [0.5, 0.6) is 0 Å². The number of anilines is 1. The minimum Gasteiger partial charge on any atom is -0.389 e. The van der Waals surface area contributed by atoms with Gasteiger partial charge in [-0.15, -0.1) is 0 Å². The van der Waals surface area contributed by atoms with Gasteiger partial charge in [-0.25, -0.2) is 0 Å². The first-order chi connectivity index (χ1) is 8.99. The van der Waals surface area contributed by atoms with Gasteiger partial charge in [-0.3, -0.25) is 0 Å². The Bertz CT molecular complexity index is 433. The van der Waals surface area contributed by atoms with E-state index >= 15 is 0 Å². The molecule has 0 spiro atoms. The number of nitrogens with zero attached hydrogens (tertiary/aromatic N) is 1. The average Bonchev–Trinajstić information content (AvgIpc) is 2.35. The Labute approximate surface area is 129 Å². The van der Waals surface area contributed by atoms with E-state index in [4.69, 9.17) is 18.0 Å². The Morgan fingerprint density at radius 1 is 1.42 bits per heavy atom. The molecule has 5 heteroatoms. The molecule has 0 radical (unpaired) electrons. The van der Waals surface area contributed by atoms with Gasteiger partial charge in [0.15, 0.2) is 0 Å². The van der Waals surface area contributed by atoms with Gasteiger partial charge >= 0.3 is 0 Å². The molecule has 0 aliphatic rings. The number of nitrogens with two attached hydrogens (primary N) is 1. The summed E-state index contributed by atoms with van der Waals surface area (Å²) in [7, 11) is 0. The third-order valence-electron chi connectivity index (χ3n) is 3.09. The lowest BCUT2D eigenvalue weighted by Crippen LogP contribution is -2.35. The van der Waals surface area contributed by atoms with Gasteiger partial charge in [0.25, 0.3) is 0 Å². The summed E-state index contributed by atoms with van der Waals surface area (Å²) >= 11 is 8.62. The van der Waals surface area contributed by atoms with Gasteiger partial charge in [0.05, 0.1) is 0 Å². The van der Waals surface area contributed by atoms with Gasteiger partial charge in [-0.2, -0.15) is 0 Å². The molecule has 0 fully saturated rings. The van der Waals surface area contributed by atoms with Crippen LogP contribution in [0.3, 0.4) is 0 Å². The van der Waals surface area contributed by atoms with E-state index in [1.165, 1.54) is 0 Å². The summed E-state index contributed by atoms with van der Waals surface area (Å²) in [6.07, 6.45) is 0. The second kappa shape index (κ2) is 7.82. The van der Waals surface area contributed by atoms with Crippen molar-refractivity contribution in [3.8, 4) is 0 Å². The summed E-state index contributed by atoms with van der Waals surface area (Å²) in [4.78, 5) is 2.79. The molecule has 3 N–H and O–H groups in total. The molecule has 0 aliphatic heterocycles. The van der Waals surface area contributed by atoms with E-state index in [-0.39, 0.29) is 0 Å². The van der Waals surface area contributed by atoms with Crippen LogP contribution < -0.4 is 11.1 Å². The lowest BCUT2D eigenvalue weighted by molar-refractivity contribution is 0.295. The number of halogens is 1. The van der Waals surface area contributed by atoms with E-state index in [1.807, 2.05) is 18.2 Å². The first-order valence-corrected chi connectivity index (χ1v) is 7.76. The second-order valence-corrected chi connectivity index (χ2v) is 5.85. The normalized spacial score (nSPS) is 12.5. The molecule has 1 atom stereocenters. The molecule has 3 nitrogen and oxygen atoms in total.